The summed E-state index contributed by atoms with van der Waals surface area (Å²) in [5.41, 5.74) is 4.39. The molecule has 2 saturated heterocycles. The van der Waals surface area contributed by atoms with E-state index < -0.39 is 0 Å². The molecule has 0 saturated carbocycles. The van der Waals surface area contributed by atoms with Crippen LogP contribution in [0.15, 0.2) is 53.5 Å². The molecule has 0 bridgehead atoms. The number of hydrogen-bond acceptors (Lipinski definition) is 3. The minimum atomic E-state index is 0. The average molecular weight is 561 g/mol. The predicted octanol–water partition coefficient (Wildman–Crippen LogP) is 3.42. The van der Waals surface area contributed by atoms with Gasteiger partial charge in [0.05, 0.1) is 0 Å². The summed E-state index contributed by atoms with van der Waals surface area (Å²) in [5, 5.41) is 6.69. The largest absolute Gasteiger partial charge is 0.352 e. The molecule has 2 aliphatic heterocycles. The van der Waals surface area contributed by atoms with Crippen LogP contribution in [0.3, 0.4) is 0 Å². The molecular formula is C25H32IN5O2. The molecule has 2 N–H and O–H groups in total. The van der Waals surface area contributed by atoms with Gasteiger partial charge in [-0.25, -0.2) is 0 Å². The Labute approximate surface area is 212 Å². The van der Waals surface area contributed by atoms with Crippen LogP contribution in [0.1, 0.15) is 42.4 Å². The number of aliphatic imine (C=N–C) groups is 1. The maximum Gasteiger partial charge on any atom is 0.227 e. The fourth-order valence-corrected chi connectivity index (χ4v) is 4.24. The Morgan fingerprint density at radius 3 is 2.18 bits per heavy atom. The van der Waals surface area contributed by atoms with Crippen molar-refractivity contribution >= 4 is 47.4 Å². The van der Waals surface area contributed by atoms with Crippen LogP contribution in [-0.2, 0) is 29.2 Å². The lowest BCUT2D eigenvalue weighted by molar-refractivity contribution is -0.128. The van der Waals surface area contributed by atoms with Crippen molar-refractivity contribution in [1.29, 1.82) is 0 Å². The van der Waals surface area contributed by atoms with Gasteiger partial charge in [-0.1, -0.05) is 36.4 Å². The number of benzene rings is 2. The van der Waals surface area contributed by atoms with Crippen molar-refractivity contribution in [3.8, 4) is 0 Å². The molecule has 2 amide bonds. The van der Waals surface area contributed by atoms with Crippen LogP contribution in [0, 0.1) is 0 Å². The first-order valence-electron chi connectivity index (χ1n) is 11.3. The minimum absolute atomic E-state index is 0. The maximum atomic E-state index is 11.9. The molecule has 33 heavy (non-hydrogen) atoms. The zero-order valence-electron chi connectivity index (χ0n) is 19.0. The van der Waals surface area contributed by atoms with Crippen molar-refractivity contribution < 1.29 is 9.59 Å². The van der Waals surface area contributed by atoms with E-state index in [0.29, 0.717) is 32.5 Å². The van der Waals surface area contributed by atoms with Gasteiger partial charge in [-0.05, 0) is 41.7 Å². The Morgan fingerprint density at radius 1 is 0.879 bits per heavy atom. The topological polar surface area (TPSA) is 77.0 Å². The van der Waals surface area contributed by atoms with Gasteiger partial charge in [0, 0.05) is 58.3 Å². The molecule has 0 aliphatic carbocycles. The molecule has 4 rings (SSSR count). The van der Waals surface area contributed by atoms with Crippen LogP contribution in [0.4, 0.5) is 5.69 Å². The highest BCUT2D eigenvalue weighted by atomic mass is 127. The van der Waals surface area contributed by atoms with Crippen molar-refractivity contribution in [3.05, 3.63) is 65.2 Å². The third kappa shape index (κ3) is 6.69. The molecule has 0 atom stereocenters. The summed E-state index contributed by atoms with van der Waals surface area (Å²) in [4.78, 5) is 31.9. The summed E-state index contributed by atoms with van der Waals surface area (Å²) in [6.45, 7) is 3.64. The number of guanidine groups is 1. The van der Waals surface area contributed by atoms with E-state index in [-0.39, 0.29) is 35.8 Å². The van der Waals surface area contributed by atoms with E-state index in [1.807, 2.05) is 40.1 Å². The molecular weight excluding hydrogens is 529 g/mol. The van der Waals surface area contributed by atoms with Crippen molar-refractivity contribution in [3.63, 3.8) is 0 Å². The van der Waals surface area contributed by atoms with Crippen molar-refractivity contribution in [1.82, 2.24) is 15.5 Å². The number of carbonyl (C=O) groups is 2. The first kappa shape index (κ1) is 25.0. The first-order valence-corrected chi connectivity index (χ1v) is 11.3. The van der Waals surface area contributed by atoms with Crippen LogP contribution < -0.4 is 15.5 Å². The number of amides is 2. The van der Waals surface area contributed by atoms with E-state index in [9.17, 15) is 9.59 Å². The zero-order valence-corrected chi connectivity index (χ0v) is 21.4. The Hall–Kier alpha value is -2.62. The second kappa shape index (κ2) is 12.0. The third-order valence-electron chi connectivity index (χ3n) is 6.00. The molecule has 2 aromatic carbocycles. The number of halogens is 1. The summed E-state index contributed by atoms with van der Waals surface area (Å²) >= 11 is 0. The summed E-state index contributed by atoms with van der Waals surface area (Å²) in [6.07, 6.45) is 3.21. The highest BCUT2D eigenvalue weighted by Crippen LogP contribution is 2.21. The number of carbonyl (C=O) groups excluding carboxylic acids is 2. The van der Waals surface area contributed by atoms with Crippen LogP contribution in [0.5, 0.6) is 0 Å². The molecule has 0 aromatic heterocycles. The molecule has 2 aliphatic rings. The highest BCUT2D eigenvalue weighted by molar-refractivity contribution is 14.0. The fourth-order valence-electron chi connectivity index (χ4n) is 4.24. The Morgan fingerprint density at radius 2 is 1.55 bits per heavy atom. The lowest BCUT2D eigenvalue weighted by atomic mass is 10.1. The maximum absolute atomic E-state index is 11.9. The standard InChI is InChI=1S/C25H31N5O2.HI/c1-26-25(27-16-19-9-11-22(12-10-19)30-14-4-8-24(30)32)28-17-20-5-2-6-21(15-20)18-29-13-3-7-23(29)31;/h2,5-6,9-12,15H,3-4,7-8,13-14,16-18H2,1H3,(H2,26,27,28);1H. The van der Waals surface area contributed by atoms with Crippen molar-refractivity contribution in [2.75, 3.05) is 25.0 Å². The molecule has 0 spiro atoms. The number of likely N-dealkylation sites (tertiary alicyclic amines) is 1. The predicted molar refractivity (Wildman–Crippen MR) is 142 cm³/mol. The van der Waals surface area contributed by atoms with Crippen LogP contribution >= 0.6 is 24.0 Å². The number of nitrogens with one attached hydrogen (secondary N) is 2. The number of anilines is 1. The van der Waals surface area contributed by atoms with Crippen molar-refractivity contribution in [2.45, 2.75) is 45.3 Å². The minimum Gasteiger partial charge on any atom is -0.352 e. The lowest BCUT2D eigenvalue weighted by Gasteiger charge is -2.17. The van der Waals surface area contributed by atoms with Crippen LogP contribution in [-0.4, -0.2) is 42.8 Å². The Balaban J connectivity index is 0.00000306. The first-order chi connectivity index (χ1) is 15.6. The molecule has 2 fully saturated rings. The molecule has 0 unspecified atom stereocenters. The van der Waals surface area contributed by atoms with Gasteiger partial charge in [0.1, 0.15) is 0 Å². The average Bonchev–Trinajstić information content (AvgIpc) is 3.42. The monoisotopic (exact) mass is 561 g/mol. The van der Waals surface area contributed by atoms with Crippen molar-refractivity contribution in [2.24, 2.45) is 4.99 Å². The van der Waals surface area contributed by atoms with E-state index in [1.54, 1.807) is 7.05 Å². The van der Waals surface area contributed by atoms with Gasteiger partial charge in [0.2, 0.25) is 11.8 Å². The summed E-state index contributed by atoms with van der Waals surface area (Å²) in [7, 11) is 1.76. The fraction of sp³-hybridized carbons (Fsp3) is 0.400. The molecule has 7 nitrogen and oxygen atoms in total. The number of nitrogens with zero attached hydrogens (tertiary/aromatic N) is 3. The third-order valence-corrected chi connectivity index (χ3v) is 6.00. The van der Waals surface area contributed by atoms with Gasteiger partial charge in [-0.2, -0.15) is 0 Å². The molecule has 176 valence electrons. The number of rotatable bonds is 7. The van der Waals surface area contributed by atoms with Gasteiger partial charge in [0.25, 0.3) is 0 Å². The smallest absolute Gasteiger partial charge is 0.227 e. The SMILES string of the molecule is CN=C(NCc1ccc(N2CCCC2=O)cc1)NCc1cccc(CN2CCCC2=O)c1.I. The summed E-state index contributed by atoms with van der Waals surface area (Å²) < 4.78 is 0. The quantitative estimate of drug-likeness (QED) is 0.309. The van der Waals surface area contributed by atoms with Gasteiger partial charge >= 0.3 is 0 Å². The highest BCUT2D eigenvalue weighted by Gasteiger charge is 2.21. The van der Waals surface area contributed by atoms with Gasteiger partial charge in [-0.15, -0.1) is 24.0 Å². The van der Waals surface area contributed by atoms with Crippen LogP contribution in [0.2, 0.25) is 0 Å². The van der Waals surface area contributed by atoms with Crippen LogP contribution in [0.25, 0.3) is 0 Å². The second-order valence-corrected chi connectivity index (χ2v) is 8.33. The summed E-state index contributed by atoms with van der Waals surface area (Å²) in [5.74, 6) is 1.18. The Kier molecular flexibility index (Phi) is 9.11. The van der Waals surface area contributed by atoms with Gasteiger partial charge in [0.15, 0.2) is 5.96 Å². The van der Waals surface area contributed by atoms with Gasteiger partial charge in [-0.3, -0.25) is 14.6 Å². The van der Waals surface area contributed by atoms with E-state index in [0.717, 1.165) is 54.3 Å². The zero-order chi connectivity index (χ0) is 22.3. The van der Waals surface area contributed by atoms with E-state index in [2.05, 4.69) is 33.8 Å². The normalized spacial score (nSPS) is 16.2. The van der Waals surface area contributed by atoms with E-state index in [4.69, 9.17) is 0 Å². The van der Waals surface area contributed by atoms with E-state index >= 15 is 0 Å². The molecule has 2 aromatic rings. The number of hydrogen-bond donors (Lipinski definition) is 2. The molecule has 2 heterocycles. The summed E-state index contributed by atoms with van der Waals surface area (Å²) in [6, 6.07) is 16.4. The van der Waals surface area contributed by atoms with E-state index in [1.165, 1.54) is 0 Å². The molecule has 8 heteroatoms. The second-order valence-electron chi connectivity index (χ2n) is 8.33. The Bertz CT molecular complexity index is 993. The molecule has 0 radical (unpaired) electrons. The lowest BCUT2D eigenvalue weighted by Crippen LogP contribution is -2.36. The van der Waals surface area contributed by atoms with Gasteiger partial charge < -0.3 is 20.4 Å².